The largest absolute Gasteiger partial charge is 0.218 e. The van der Waals surface area contributed by atoms with Crippen molar-refractivity contribution in [3.8, 4) is 0 Å². The van der Waals surface area contributed by atoms with Gasteiger partial charge in [0.25, 0.3) is 0 Å². The van der Waals surface area contributed by atoms with Crippen molar-refractivity contribution in [2.24, 2.45) is 0 Å². The lowest BCUT2D eigenvalue weighted by Gasteiger charge is -2.09. The maximum absolute atomic E-state index is 2.31. The van der Waals surface area contributed by atoms with Gasteiger partial charge in [-0.1, -0.05) is 26.0 Å². The molecule has 0 amide bonds. The molecule has 18 heavy (non-hydrogen) atoms. The molecule has 0 radical (unpaired) electrons. The molecule has 0 saturated heterocycles. The van der Waals surface area contributed by atoms with Crippen LogP contribution < -0.4 is 4.40 Å². The predicted molar refractivity (Wildman–Crippen MR) is 75.9 cm³/mol. The Morgan fingerprint density at radius 3 is 2.22 bits per heavy atom. The molecule has 2 heterocycles. The maximum atomic E-state index is 2.31. The van der Waals surface area contributed by atoms with Crippen molar-refractivity contribution in [1.29, 1.82) is 0 Å². The summed E-state index contributed by atoms with van der Waals surface area (Å²) in [5, 5.41) is 1.39. The van der Waals surface area contributed by atoms with Crippen molar-refractivity contribution < 1.29 is 4.40 Å². The molecule has 1 heteroatoms. The van der Waals surface area contributed by atoms with Crippen molar-refractivity contribution in [2.45, 2.75) is 26.7 Å². The Labute approximate surface area is 108 Å². The van der Waals surface area contributed by atoms with Gasteiger partial charge in [0, 0.05) is 23.8 Å². The SMILES string of the molecule is CCc1c(CC)c2cccc[n+]2c2ccccc12. The second-order valence-electron chi connectivity index (χ2n) is 4.64. The maximum Gasteiger partial charge on any atom is 0.218 e. The molecule has 0 aliphatic carbocycles. The molecular formula is C17H18N+. The molecule has 3 rings (SSSR count). The lowest BCUT2D eigenvalue weighted by molar-refractivity contribution is -0.482. The number of fused-ring (bicyclic) bond motifs is 3. The van der Waals surface area contributed by atoms with Gasteiger partial charge in [-0.25, -0.2) is 0 Å². The molecule has 0 fully saturated rings. The third kappa shape index (κ3) is 1.51. The average Bonchev–Trinajstić information content (AvgIpc) is 2.45. The second kappa shape index (κ2) is 4.41. The number of hydrogen-bond acceptors (Lipinski definition) is 0. The summed E-state index contributed by atoms with van der Waals surface area (Å²) in [6.45, 7) is 4.50. The first kappa shape index (κ1) is 11.2. The fraction of sp³-hybridized carbons (Fsp3) is 0.235. The fourth-order valence-electron chi connectivity index (χ4n) is 2.95. The number of aryl methyl sites for hydroxylation is 2. The summed E-state index contributed by atoms with van der Waals surface area (Å²) in [5.41, 5.74) is 5.63. The highest BCUT2D eigenvalue weighted by molar-refractivity contribution is 5.83. The topological polar surface area (TPSA) is 4.10 Å². The van der Waals surface area contributed by atoms with Gasteiger partial charge in [-0.3, -0.25) is 0 Å². The number of aromatic nitrogens is 1. The van der Waals surface area contributed by atoms with E-state index in [0.717, 1.165) is 12.8 Å². The van der Waals surface area contributed by atoms with Gasteiger partial charge in [0.15, 0.2) is 6.20 Å². The average molecular weight is 236 g/mol. The minimum Gasteiger partial charge on any atom is -0.160 e. The van der Waals surface area contributed by atoms with Crippen molar-refractivity contribution in [2.75, 3.05) is 0 Å². The summed E-state index contributed by atoms with van der Waals surface area (Å²) < 4.78 is 2.31. The van der Waals surface area contributed by atoms with E-state index in [1.54, 1.807) is 0 Å². The third-order valence-electron chi connectivity index (χ3n) is 3.73. The minimum atomic E-state index is 1.08. The monoisotopic (exact) mass is 236 g/mol. The number of nitrogens with zero attached hydrogens (tertiary/aromatic N) is 1. The highest BCUT2D eigenvalue weighted by Gasteiger charge is 2.17. The van der Waals surface area contributed by atoms with Crippen LogP contribution in [0.15, 0.2) is 48.7 Å². The van der Waals surface area contributed by atoms with Crippen LogP contribution in [0.3, 0.4) is 0 Å². The minimum absolute atomic E-state index is 1.08. The molecule has 0 unspecified atom stereocenters. The smallest absolute Gasteiger partial charge is 0.160 e. The number of para-hydroxylation sites is 1. The van der Waals surface area contributed by atoms with E-state index >= 15 is 0 Å². The van der Waals surface area contributed by atoms with Crippen LogP contribution in [0.1, 0.15) is 25.0 Å². The molecule has 2 aromatic heterocycles. The summed E-state index contributed by atoms with van der Waals surface area (Å²) >= 11 is 0. The Morgan fingerprint density at radius 2 is 1.44 bits per heavy atom. The zero-order valence-electron chi connectivity index (χ0n) is 11.0. The Morgan fingerprint density at radius 1 is 0.778 bits per heavy atom. The third-order valence-corrected chi connectivity index (χ3v) is 3.73. The summed E-state index contributed by atoms with van der Waals surface area (Å²) in [4.78, 5) is 0. The summed E-state index contributed by atoms with van der Waals surface area (Å²) in [7, 11) is 0. The number of benzene rings is 1. The fourth-order valence-corrected chi connectivity index (χ4v) is 2.95. The van der Waals surface area contributed by atoms with Gasteiger partial charge in [-0.15, -0.1) is 0 Å². The Bertz CT molecular complexity index is 650. The van der Waals surface area contributed by atoms with E-state index in [1.807, 2.05) is 0 Å². The molecule has 0 N–H and O–H groups in total. The quantitative estimate of drug-likeness (QED) is 0.472. The van der Waals surface area contributed by atoms with Crippen LogP contribution in [-0.2, 0) is 12.8 Å². The molecule has 90 valence electrons. The summed E-state index contributed by atoms with van der Waals surface area (Å²) in [5.74, 6) is 0. The van der Waals surface area contributed by atoms with Crippen molar-refractivity contribution in [1.82, 2.24) is 0 Å². The molecule has 1 aromatic carbocycles. The van der Waals surface area contributed by atoms with Gasteiger partial charge in [0.05, 0.1) is 5.39 Å². The Hall–Kier alpha value is -1.89. The molecule has 1 nitrogen and oxygen atoms in total. The number of rotatable bonds is 2. The van der Waals surface area contributed by atoms with E-state index in [2.05, 4.69) is 66.9 Å². The molecule has 3 aromatic rings. The van der Waals surface area contributed by atoms with Crippen molar-refractivity contribution in [3.05, 3.63) is 59.8 Å². The van der Waals surface area contributed by atoms with E-state index in [1.165, 1.54) is 27.5 Å². The number of pyridine rings is 2. The van der Waals surface area contributed by atoms with Crippen LogP contribution in [-0.4, -0.2) is 0 Å². The van der Waals surface area contributed by atoms with Crippen LogP contribution in [0.4, 0.5) is 0 Å². The molecule has 0 atom stereocenters. The van der Waals surface area contributed by atoms with Gasteiger partial charge >= 0.3 is 0 Å². The first-order valence-corrected chi connectivity index (χ1v) is 6.69. The van der Waals surface area contributed by atoms with Gasteiger partial charge in [0.2, 0.25) is 11.0 Å². The van der Waals surface area contributed by atoms with Crippen molar-refractivity contribution >= 4 is 16.4 Å². The van der Waals surface area contributed by atoms with Gasteiger partial charge < -0.3 is 0 Å². The van der Waals surface area contributed by atoms with E-state index in [0.29, 0.717) is 0 Å². The molecule has 0 aliphatic heterocycles. The van der Waals surface area contributed by atoms with E-state index in [9.17, 15) is 0 Å². The summed E-state index contributed by atoms with van der Waals surface area (Å²) in [6, 6.07) is 15.2. The molecular weight excluding hydrogens is 218 g/mol. The van der Waals surface area contributed by atoms with Gasteiger partial charge in [-0.2, -0.15) is 4.40 Å². The first-order valence-electron chi connectivity index (χ1n) is 6.69. The normalized spacial score (nSPS) is 11.2. The molecule has 0 aliphatic rings. The zero-order valence-corrected chi connectivity index (χ0v) is 11.0. The van der Waals surface area contributed by atoms with Crippen LogP contribution >= 0.6 is 0 Å². The molecule has 0 bridgehead atoms. The van der Waals surface area contributed by atoms with Gasteiger partial charge in [0.1, 0.15) is 0 Å². The Balaban J connectivity index is 2.61. The van der Waals surface area contributed by atoms with Crippen LogP contribution in [0.2, 0.25) is 0 Å². The highest BCUT2D eigenvalue weighted by Crippen LogP contribution is 2.23. The lowest BCUT2D eigenvalue weighted by atomic mass is 9.97. The highest BCUT2D eigenvalue weighted by atomic mass is 14.9. The predicted octanol–water partition coefficient (Wildman–Crippen LogP) is 3.70. The Kier molecular flexibility index (Phi) is 2.75. The van der Waals surface area contributed by atoms with E-state index < -0.39 is 0 Å². The van der Waals surface area contributed by atoms with E-state index in [4.69, 9.17) is 0 Å². The van der Waals surface area contributed by atoms with E-state index in [-0.39, 0.29) is 0 Å². The standard InChI is InChI=1S/C17H18N/c1-3-13-14(4-2)16-11-7-8-12-18(16)17-10-6-5-9-15(13)17/h5-12H,3-4H2,1-2H3/q+1. The second-order valence-corrected chi connectivity index (χ2v) is 4.64. The van der Waals surface area contributed by atoms with Crippen LogP contribution in [0.5, 0.6) is 0 Å². The summed E-state index contributed by atoms with van der Waals surface area (Å²) in [6.07, 6.45) is 4.34. The van der Waals surface area contributed by atoms with Crippen LogP contribution in [0, 0.1) is 0 Å². The molecule has 0 spiro atoms. The van der Waals surface area contributed by atoms with Crippen LogP contribution in [0.25, 0.3) is 16.4 Å². The number of hydrogen-bond donors (Lipinski definition) is 0. The van der Waals surface area contributed by atoms with Gasteiger partial charge in [-0.05, 0) is 30.5 Å². The zero-order chi connectivity index (χ0) is 12.5. The lowest BCUT2D eigenvalue weighted by Crippen LogP contribution is -2.24. The first-order chi connectivity index (χ1) is 8.86. The molecule has 0 saturated carbocycles. The van der Waals surface area contributed by atoms with Crippen molar-refractivity contribution in [3.63, 3.8) is 0 Å².